The molecule has 5 atom stereocenters. The minimum Gasteiger partial charge on any atom is -0.463 e. The summed E-state index contributed by atoms with van der Waals surface area (Å²) in [4.78, 5) is 51.4. The third-order valence-electron chi connectivity index (χ3n) is 4.96. The smallest absolute Gasteiger partial charge is 0.303 e. The van der Waals surface area contributed by atoms with E-state index in [1.807, 2.05) is 0 Å². The third-order valence-corrected chi connectivity index (χ3v) is 5.34. The molecule has 36 heavy (non-hydrogen) atoms. The highest BCUT2D eigenvalue weighted by molar-refractivity contribution is 7.71. The lowest BCUT2D eigenvalue weighted by Crippen LogP contribution is -2.60. The van der Waals surface area contributed by atoms with Crippen LogP contribution in [0.4, 0.5) is 0 Å². The monoisotopic (exact) mass is 523 g/mol. The van der Waals surface area contributed by atoms with Crippen molar-refractivity contribution in [3.05, 3.63) is 29.3 Å². The average molecular weight is 524 g/mol. The molecule has 0 aromatic carbocycles. The molecular weight excluding hydrogens is 498 g/mol. The van der Waals surface area contributed by atoms with Crippen LogP contribution in [0.5, 0.6) is 0 Å². The van der Waals surface area contributed by atoms with Gasteiger partial charge < -0.3 is 29.5 Å². The molecule has 0 aliphatic carbocycles. The van der Waals surface area contributed by atoms with Gasteiger partial charge in [-0.2, -0.15) is 0 Å². The first-order chi connectivity index (χ1) is 17.0. The second-order valence-electron chi connectivity index (χ2n) is 7.75. The zero-order chi connectivity index (χ0) is 26.6. The number of nitrogen functional groups attached to an aromatic ring is 1. The molecule has 0 radical (unpaired) electrons. The standard InChI is InChI=1S/C21H25N5O9S/c1-10(27)31-9-15-16(32-11(2)28)17(33-12(3)29)18(34-13(4)30)20(35-15)26-21(36)25(22)19(24-26)14-6-5-7-23-8-14/h5-8,15-18,20H,9,22H2,1-4H3/t15-,16-,17+,18-,20-/m1/s1. The van der Waals surface area contributed by atoms with Gasteiger partial charge in [0, 0.05) is 45.7 Å². The first-order valence-electron chi connectivity index (χ1n) is 10.7. The Bertz CT molecular complexity index is 1200. The van der Waals surface area contributed by atoms with E-state index in [9.17, 15) is 19.2 Å². The number of aromatic nitrogens is 4. The Kier molecular flexibility index (Phi) is 8.37. The maximum Gasteiger partial charge on any atom is 0.303 e. The molecule has 15 heteroatoms. The highest BCUT2D eigenvalue weighted by atomic mass is 32.1. The van der Waals surface area contributed by atoms with Crippen LogP contribution in [0.1, 0.15) is 33.9 Å². The van der Waals surface area contributed by atoms with Crippen LogP contribution in [-0.4, -0.2) is 74.3 Å². The van der Waals surface area contributed by atoms with Crippen LogP contribution < -0.4 is 5.84 Å². The summed E-state index contributed by atoms with van der Waals surface area (Å²) in [5.74, 6) is 3.47. The lowest BCUT2D eigenvalue weighted by molar-refractivity contribution is -0.270. The number of carbonyl (C=O) groups excluding carboxylic acids is 4. The van der Waals surface area contributed by atoms with Crippen molar-refractivity contribution in [2.24, 2.45) is 0 Å². The molecule has 2 aromatic rings. The third kappa shape index (κ3) is 6.04. The maximum absolute atomic E-state index is 12.0. The molecule has 1 aliphatic rings. The van der Waals surface area contributed by atoms with Gasteiger partial charge in [-0.1, -0.05) is 0 Å². The summed E-state index contributed by atoms with van der Waals surface area (Å²) in [6.45, 7) is 4.18. The van der Waals surface area contributed by atoms with E-state index in [0.29, 0.717) is 5.56 Å². The lowest BCUT2D eigenvalue weighted by atomic mass is 9.97. The van der Waals surface area contributed by atoms with Crippen molar-refractivity contribution in [3.63, 3.8) is 0 Å². The van der Waals surface area contributed by atoms with Crippen molar-refractivity contribution in [1.29, 1.82) is 0 Å². The number of nitrogens with zero attached hydrogens (tertiary/aromatic N) is 4. The summed E-state index contributed by atoms with van der Waals surface area (Å²) in [7, 11) is 0. The van der Waals surface area contributed by atoms with E-state index in [2.05, 4.69) is 10.1 Å². The number of nitrogens with two attached hydrogens (primary N) is 1. The predicted molar refractivity (Wildman–Crippen MR) is 122 cm³/mol. The predicted octanol–water partition coefficient (Wildman–Crippen LogP) is 0.445. The van der Waals surface area contributed by atoms with Crippen LogP contribution in [0.2, 0.25) is 0 Å². The van der Waals surface area contributed by atoms with Crippen LogP contribution in [0.25, 0.3) is 11.4 Å². The molecule has 3 heterocycles. The quantitative estimate of drug-likeness (QED) is 0.229. The van der Waals surface area contributed by atoms with Crippen LogP contribution in [0.15, 0.2) is 24.5 Å². The number of pyridine rings is 1. The zero-order valence-electron chi connectivity index (χ0n) is 19.9. The minimum atomic E-state index is -1.38. The van der Waals surface area contributed by atoms with Crippen molar-refractivity contribution in [3.8, 4) is 11.4 Å². The van der Waals surface area contributed by atoms with Gasteiger partial charge >= 0.3 is 23.9 Å². The Hall–Kier alpha value is -3.85. The van der Waals surface area contributed by atoms with Crippen LogP contribution in [0.3, 0.4) is 0 Å². The zero-order valence-corrected chi connectivity index (χ0v) is 20.7. The second-order valence-corrected chi connectivity index (χ2v) is 8.12. The topological polar surface area (TPSA) is 176 Å². The molecule has 1 fully saturated rings. The molecule has 0 unspecified atom stereocenters. The second kappa shape index (κ2) is 11.3. The maximum atomic E-state index is 12.0. The van der Waals surface area contributed by atoms with Gasteiger partial charge in [-0.25, -0.2) is 9.36 Å². The average Bonchev–Trinajstić information content (AvgIpc) is 3.09. The van der Waals surface area contributed by atoms with E-state index in [0.717, 1.165) is 30.1 Å². The van der Waals surface area contributed by atoms with Gasteiger partial charge in [-0.15, -0.1) is 5.10 Å². The summed E-state index contributed by atoms with van der Waals surface area (Å²) in [6, 6.07) is 3.37. The van der Waals surface area contributed by atoms with Crippen LogP contribution in [0, 0.1) is 4.77 Å². The molecule has 1 saturated heterocycles. The van der Waals surface area contributed by atoms with Gasteiger partial charge in [0.1, 0.15) is 12.7 Å². The molecule has 0 saturated carbocycles. The first kappa shape index (κ1) is 26.7. The highest BCUT2D eigenvalue weighted by Crippen LogP contribution is 2.35. The van der Waals surface area contributed by atoms with E-state index >= 15 is 0 Å². The Morgan fingerprint density at radius 1 is 1.00 bits per heavy atom. The number of hydrogen-bond donors (Lipinski definition) is 1. The number of esters is 4. The summed E-state index contributed by atoms with van der Waals surface area (Å²) in [5.41, 5.74) is 0.524. The van der Waals surface area contributed by atoms with Gasteiger partial charge in [0.05, 0.1) is 0 Å². The van der Waals surface area contributed by atoms with E-state index in [1.165, 1.54) is 13.1 Å². The van der Waals surface area contributed by atoms with Crippen molar-refractivity contribution in [2.45, 2.75) is 58.3 Å². The van der Waals surface area contributed by atoms with Crippen molar-refractivity contribution < 1.29 is 42.9 Å². The molecule has 2 aromatic heterocycles. The fraction of sp³-hybridized carbons (Fsp3) is 0.476. The first-order valence-corrected chi connectivity index (χ1v) is 11.1. The van der Waals surface area contributed by atoms with Gasteiger partial charge in [-0.05, 0) is 24.4 Å². The van der Waals surface area contributed by atoms with Crippen LogP contribution >= 0.6 is 12.2 Å². The minimum absolute atomic E-state index is 0.0465. The van der Waals surface area contributed by atoms with E-state index in [1.54, 1.807) is 18.3 Å². The van der Waals surface area contributed by atoms with E-state index in [-0.39, 0.29) is 17.2 Å². The van der Waals surface area contributed by atoms with Gasteiger partial charge in [0.2, 0.25) is 4.77 Å². The van der Waals surface area contributed by atoms with E-state index in [4.69, 9.17) is 41.7 Å². The number of carbonyl (C=O) groups is 4. The molecule has 0 amide bonds. The Balaban J connectivity index is 2.15. The molecule has 194 valence electrons. The largest absolute Gasteiger partial charge is 0.463 e. The number of hydrogen-bond acceptors (Lipinski definition) is 13. The van der Waals surface area contributed by atoms with Gasteiger partial charge in [0.25, 0.3) is 0 Å². The lowest BCUT2D eigenvalue weighted by Gasteiger charge is -2.44. The van der Waals surface area contributed by atoms with Crippen LogP contribution in [-0.2, 0) is 42.9 Å². The van der Waals surface area contributed by atoms with Gasteiger partial charge in [-0.3, -0.25) is 24.2 Å². The van der Waals surface area contributed by atoms with Crippen molar-refractivity contribution in [1.82, 2.24) is 19.4 Å². The molecule has 3 rings (SSSR count). The van der Waals surface area contributed by atoms with Gasteiger partial charge in [0.15, 0.2) is 30.4 Å². The molecule has 2 N–H and O–H groups in total. The number of rotatable bonds is 7. The Morgan fingerprint density at radius 3 is 2.17 bits per heavy atom. The Labute approximate surface area is 210 Å². The van der Waals surface area contributed by atoms with Crippen molar-refractivity contribution in [2.75, 3.05) is 12.4 Å². The molecule has 0 spiro atoms. The summed E-state index contributed by atoms with van der Waals surface area (Å²) in [5, 5.41) is 4.43. The van der Waals surface area contributed by atoms with E-state index < -0.39 is 54.5 Å². The molecule has 1 aliphatic heterocycles. The molecule has 0 bridgehead atoms. The molecule has 14 nitrogen and oxygen atoms in total. The fourth-order valence-corrected chi connectivity index (χ4v) is 3.89. The highest BCUT2D eigenvalue weighted by Gasteiger charge is 2.53. The number of ether oxygens (including phenoxy) is 5. The molecular formula is C21H25N5O9S. The summed E-state index contributed by atoms with van der Waals surface area (Å²) in [6.07, 6.45) is -3.47. The van der Waals surface area contributed by atoms with Crippen molar-refractivity contribution >= 4 is 36.1 Å². The normalized spacial score (nSPS) is 23.4. The Morgan fingerprint density at radius 2 is 1.61 bits per heavy atom. The SMILES string of the molecule is CC(=O)OC[C@H]1O[C@@H](n2nc(-c3cccnc3)n(N)c2=S)[C@H](OC(C)=O)[C@@H](OC(C)=O)[C@@H]1OC(C)=O. The fourth-order valence-electron chi connectivity index (χ4n) is 3.65. The summed E-state index contributed by atoms with van der Waals surface area (Å²) < 4.78 is 29.6. The summed E-state index contributed by atoms with van der Waals surface area (Å²) >= 11 is 5.45.